The molecule has 0 fully saturated rings. The maximum atomic E-state index is 2.51. The summed E-state index contributed by atoms with van der Waals surface area (Å²) in [6.45, 7) is 0. The van der Waals surface area contributed by atoms with Crippen LogP contribution in [0.5, 0.6) is 0 Å². The van der Waals surface area contributed by atoms with Crippen molar-refractivity contribution in [3.63, 3.8) is 0 Å². The molecule has 0 spiro atoms. The largest absolute Gasteiger partial charge is 0.309 e. The highest BCUT2D eigenvalue weighted by atomic mass is 15.1. The van der Waals surface area contributed by atoms with Crippen LogP contribution in [-0.4, -0.2) is 0 Å². The van der Waals surface area contributed by atoms with Gasteiger partial charge in [-0.15, -0.1) is 0 Å². The van der Waals surface area contributed by atoms with Crippen molar-refractivity contribution in [1.29, 1.82) is 0 Å². The van der Waals surface area contributed by atoms with E-state index in [-0.39, 0.29) is 0 Å². The normalized spacial score (nSPS) is 11.5. The van der Waals surface area contributed by atoms with Crippen LogP contribution in [0.2, 0.25) is 0 Å². The number of anilines is 3. The highest BCUT2D eigenvalue weighted by Crippen LogP contribution is 2.50. The van der Waals surface area contributed by atoms with Crippen molar-refractivity contribution in [3.05, 3.63) is 200 Å². The predicted octanol–water partition coefficient (Wildman–Crippen LogP) is 14.3. The molecule has 0 saturated carbocycles. The van der Waals surface area contributed by atoms with Crippen LogP contribution in [0.4, 0.5) is 17.1 Å². The Hall–Kier alpha value is -6.70. The van der Waals surface area contributed by atoms with Crippen molar-refractivity contribution < 1.29 is 0 Å². The van der Waals surface area contributed by atoms with Gasteiger partial charge in [-0.2, -0.15) is 0 Å². The molecule has 10 aromatic carbocycles. The molecule has 0 aliphatic rings. The van der Waals surface area contributed by atoms with Gasteiger partial charge in [0.15, 0.2) is 0 Å². The first-order valence-corrected chi connectivity index (χ1v) is 17.6. The standard InChI is InChI=1S/C50H33N/c1-3-16-35(17-4-1)47-32-38-21-9-10-22-41(38)50(49(47)36-18-5-2-6-19-36)51(39-28-27-34-15-7-8-20-37(34)31-39)40-29-30-46-44-25-12-11-23-42(44)43-24-13-14-26-45(43)48(46)33-40/h1-33H. The van der Waals surface area contributed by atoms with Crippen LogP contribution in [0.1, 0.15) is 0 Å². The zero-order valence-electron chi connectivity index (χ0n) is 28.0. The van der Waals surface area contributed by atoms with Crippen molar-refractivity contribution >= 4 is 70.9 Å². The lowest BCUT2D eigenvalue weighted by molar-refractivity contribution is 1.31. The van der Waals surface area contributed by atoms with Gasteiger partial charge in [0.05, 0.1) is 5.69 Å². The van der Waals surface area contributed by atoms with Crippen molar-refractivity contribution in [2.24, 2.45) is 0 Å². The summed E-state index contributed by atoms with van der Waals surface area (Å²) in [5.74, 6) is 0. The Morgan fingerprint density at radius 1 is 0.275 bits per heavy atom. The van der Waals surface area contributed by atoms with Crippen LogP contribution >= 0.6 is 0 Å². The molecule has 1 heteroatoms. The molecule has 0 N–H and O–H groups in total. The second kappa shape index (κ2) is 12.0. The van der Waals surface area contributed by atoms with Gasteiger partial charge >= 0.3 is 0 Å². The van der Waals surface area contributed by atoms with E-state index in [0.29, 0.717) is 0 Å². The first kappa shape index (κ1) is 29.2. The van der Waals surface area contributed by atoms with Crippen LogP contribution in [-0.2, 0) is 0 Å². The number of benzene rings is 10. The number of hydrogen-bond donors (Lipinski definition) is 0. The monoisotopic (exact) mass is 647 g/mol. The van der Waals surface area contributed by atoms with Crippen molar-refractivity contribution in [3.8, 4) is 22.3 Å². The molecule has 1 nitrogen and oxygen atoms in total. The summed E-state index contributed by atoms with van der Waals surface area (Å²) >= 11 is 0. The van der Waals surface area contributed by atoms with E-state index in [4.69, 9.17) is 0 Å². The molecule has 0 atom stereocenters. The number of nitrogens with zero attached hydrogens (tertiary/aromatic N) is 1. The molecule has 0 aromatic heterocycles. The van der Waals surface area contributed by atoms with E-state index in [2.05, 4.69) is 205 Å². The Morgan fingerprint density at radius 3 is 1.41 bits per heavy atom. The third-order valence-electron chi connectivity index (χ3n) is 10.4. The molecule has 0 unspecified atom stereocenters. The molecule has 0 bridgehead atoms. The van der Waals surface area contributed by atoms with Crippen LogP contribution in [0.15, 0.2) is 200 Å². The van der Waals surface area contributed by atoms with Crippen molar-refractivity contribution in [1.82, 2.24) is 0 Å². The lowest BCUT2D eigenvalue weighted by Gasteiger charge is -2.31. The van der Waals surface area contributed by atoms with Gasteiger partial charge in [0.25, 0.3) is 0 Å². The molecule has 10 rings (SSSR count). The molecule has 0 heterocycles. The van der Waals surface area contributed by atoms with Gasteiger partial charge < -0.3 is 4.90 Å². The summed E-state index contributed by atoms with van der Waals surface area (Å²) in [6.07, 6.45) is 0. The lowest BCUT2D eigenvalue weighted by Crippen LogP contribution is -2.12. The van der Waals surface area contributed by atoms with E-state index >= 15 is 0 Å². The third-order valence-corrected chi connectivity index (χ3v) is 10.4. The minimum absolute atomic E-state index is 1.12. The molecule has 10 aromatic rings. The maximum absolute atomic E-state index is 2.51. The smallest absolute Gasteiger partial charge is 0.0624 e. The summed E-state index contributed by atoms with van der Waals surface area (Å²) in [5, 5.41) is 12.4. The molecule has 0 radical (unpaired) electrons. The zero-order valence-corrected chi connectivity index (χ0v) is 28.0. The Labute approximate surface area is 297 Å². The molecule has 0 amide bonds. The number of rotatable bonds is 5. The van der Waals surface area contributed by atoms with Gasteiger partial charge in [-0.1, -0.05) is 170 Å². The number of fused-ring (bicyclic) bond motifs is 8. The van der Waals surface area contributed by atoms with E-state index < -0.39 is 0 Å². The van der Waals surface area contributed by atoms with Gasteiger partial charge in [-0.05, 0) is 95.5 Å². The van der Waals surface area contributed by atoms with E-state index in [0.717, 1.165) is 17.1 Å². The van der Waals surface area contributed by atoms with Crippen molar-refractivity contribution in [2.45, 2.75) is 0 Å². The maximum Gasteiger partial charge on any atom is 0.0624 e. The highest BCUT2D eigenvalue weighted by Gasteiger charge is 2.25. The van der Waals surface area contributed by atoms with Crippen LogP contribution in [0, 0.1) is 0 Å². The molecule has 0 saturated heterocycles. The van der Waals surface area contributed by atoms with Gasteiger partial charge in [0, 0.05) is 22.3 Å². The van der Waals surface area contributed by atoms with Crippen LogP contribution in [0.25, 0.3) is 76.1 Å². The topological polar surface area (TPSA) is 3.24 Å². The van der Waals surface area contributed by atoms with Crippen LogP contribution in [0.3, 0.4) is 0 Å². The summed E-state index contributed by atoms with van der Waals surface area (Å²) in [6, 6.07) is 73.2. The molecular weight excluding hydrogens is 615 g/mol. The second-order valence-electron chi connectivity index (χ2n) is 13.3. The summed E-state index contributed by atoms with van der Waals surface area (Å²) in [7, 11) is 0. The Bertz CT molecular complexity index is 2870. The fraction of sp³-hybridized carbons (Fsp3) is 0. The Morgan fingerprint density at radius 2 is 0.745 bits per heavy atom. The quantitative estimate of drug-likeness (QED) is 0.168. The second-order valence-corrected chi connectivity index (χ2v) is 13.3. The van der Waals surface area contributed by atoms with Gasteiger partial charge in [-0.3, -0.25) is 0 Å². The molecule has 0 aliphatic heterocycles. The summed E-state index contributed by atoms with van der Waals surface area (Å²) < 4.78 is 0. The van der Waals surface area contributed by atoms with E-state index in [9.17, 15) is 0 Å². The van der Waals surface area contributed by atoms with E-state index in [1.165, 1.54) is 76.1 Å². The number of hydrogen-bond acceptors (Lipinski definition) is 1. The fourth-order valence-corrected chi connectivity index (χ4v) is 8.06. The molecule has 51 heavy (non-hydrogen) atoms. The van der Waals surface area contributed by atoms with Gasteiger partial charge in [-0.25, -0.2) is 0 Å². The SMILES string of the molecule is c1ccc(-c2cc3ccccc3c(N(c3ccc4ccccc4c3)c3ccc4c5ccccc5c5ccccc5c4c3)c2-c2ccccc2)cc1. The minimum atomic E-state index is 1.12. The third kappa shape index (κ3) is 4.86. The average molecular weight is 648 g/mol. The molecular formula is C50H33N. The van der Waals surface area contributed by atoms with Gasteiger partial charge in [0.1, 0.15) is 0 Å². The Kier molecular flexibility index (Phi) is 6.89. The highest BCUT2D eigenvalue weighted by molar-refractivity contribution is 6.26. The Balaban J connectivity index is 1.37. The van der Waals surface area contributed by atoms with E-state index in [1.807, 2.05) is 0 Å². The summed E-state index contributed by atoms with van der Waals surface area (Å²) in [5.41, 5.74) is 8.18. The lowest BCUT2D eigenvalue weighted by atomic mass is 9.88. The van der Waals surface area contributed by atoms with Crippen molar-refractivity contribution in [2.75, 3.05) is 4.90 Å². The summed E-state index contributed by atoms with van der Waals surface area (Å²) in [4.78, 5) is 2.51. The van der Waals surface area contributed by atoms with E-state index in [1.54, 1.807) is 0 Å². The van der Waals surface area contributed by atoms with Crippen LogP contribution < -0.4 is 4.90 Å². The average Bonchev–Trinajstić information content (AvgIpc) is 3.21. The zero-order chi connectivity index (χ0) is 33.7. The minimum Gasteiger partial charge on any atom is -0.309 e. The first-order chi connectivity index (χ1) is 25.3. The molecule has 0 aliphatic carbocycles. The van der Waals surface area contributed by atoms with Gasteiger partial charge in [0.2, 0.25) is 0 Å². The molecule has 238 valence electrons. The predicted molar refractivity (Wildman–Crippen MR) is 220 cm³/mol. The first-order valence-electron chi connectivity index (χ1n) is 17.6. The fourth-order valence-electron chi connectivity index (χ4n) is 8.06.